The number of hydrogen-bond donors (Lipinski definition) is 2. The van der Waals surface area contributed by atoms with Crippen molar-refractivity contribution >= 4 is 11.8 Å². The summed E-state index contributed by atoms with van der Waals surface area (Å²) in [5.41, 5.74) is 5.92. The van der Waals surface area contributed by atoms with E-state index in [1.165, 1.54) is 6.20 Å². The molecule has 3 heterocycles. The van der Waals surface area contributed by atoms with E-state index in [1.54, 1.807) is 23.0 Å². The molecular weight excluding hydrogens is 396 g/mol. The summed E-state index contributed by atoms with van der Waals surface area (Å²) in [7, 11) is 0. The molecule has 0 aliphatic carbocycles. The summed E-state index contributed by atoms with van der Waals surface area (Å²) < 4.78 is 7.24. The molecule has 0 saturated carbocycles. The fourth-order valence-corrected chi connectivity index (χ4v) is 3.25. The Morgan fingerprint density at radius 2 is 1.84 bits per heavy atom. The summed E-state index contributed by atoms with van der Waals surface area (Å²) in [5, 5.41) is 4.32. The summed E-state index contributed by atoms with van der Waals surface area (Å²) in [5.74, 6) is 0.463. The predicted octanol–water partition coefficient (Wildman–Crippen LogP) is 2.90. The van der Waals surface area contributed by atoms with Crippen LogP contribution in [0, 0.1) is 0 Å². The van der Waals surface area contributed by atoms with Gasteiger partial charge in [0.1, 0.15) is 5.76 Å². The zero-order valence-electron chi connectivity index (χ0n) is 18.3. The number of nitrogens with zero attached hydrogens (tertiary/aromatic N) is 4. The number of amides is 2. The molecule has 2 N–H and O–H groups in total. The molecule has 0 radical (unpaired) electrons. The topological polar surface area (TPSA) is 105 Å². The van der Waals surface area contributed by atoms with E-state index in [-0.39, 0.29) is 11.7 Å². The third-order valence-corrected chi connectivity index (χ3v) is 4.91. The van der Waals surface area contributed by atoms with Crippen LogP contribution in [0.4, 0.5) is 0 Å². The zero-order chi connectivity index (χ0) is 22.4. The highest BCUT2D eigenvalue weighted by atomic mass is 16.4. The minimum atomic E-state index is -0.526. The van der Waals surface area contributed by atoms with Crippen LogP contribution in [0.1, 0.15) is 66.0 Å². The Balaban J connectivity index is 1.68. The second-order valence-electron chi connectivity index (χ2n) is 7.33. The lowest BCUT2D eigenvalue weighted by Gasteiger charge is -2.15. The first-order chi connectivity index (χ1) is 14.9. The number of pyridine rings is 1. The van der Waals surface area contributed by atoms with Crippen molar-refractivity contribution in [2.75, 3.05) is 13.1 Å². The van der Waals surface area contributed by atoms with E-state index in [9.17, 15) is 9.59 Å². The molecule has 2 amide bonds. The molecule has 0 spiro atoms. The van der Waals surface area contributed by atoms with Crippen LogP contribution in [0.2, 0.25) is 0 Å². The van der Waals surface area contributed by atoms with Crippen molar-refractivity contribution in [1.29, 1.82) is 0 Å². The van der Waals surface area contributed by atoms with E-state index in [0.717, 1.165) is 13.1 Å². The average molecular weight is 425 g/mol. The Morgan fingerprint density at radius 3 is 2.48 bits per heavy atom. The molecule has 0 aliphatic heterocycles. The van der Waals surface area contributed by atoms with E-state index >= 15 is 0 Å². The number of hydrogen-bond acceptors (Lipinski definition) is 6. The van der Waals surface area contributed by atoms with E-state index < -0.39 is 11.8 Å². The van der Waals surface area contributed by atoms with Gasteiger partial charge in [0.2, 0.25) is 0 Å². The Kier molecular flexibility index (Phi) is 7.19. The van der Waals surface area contributed by atoms with Crippen LogP contribution in [0.25, 0.3) is 5.82 Å². The van der Waals surface area contributed by atoms with Gasteiger partial charge in [0.05, 0.1) is 24.0 Å². The van der Waals surface area contributed by atoms with Gasteiger partial charge in [-0.25, -0.2) is 9.67 Å². The number of nitrogens with one attached hydrogen (secondary N) is 2. The van der Waals surface area contributed by atoms with E-state index in [2.05, 4.69) is 39.7 Å². The van der Waals surface area contributed by atoms with Gasteiger partial charge >= 0.3 is 5.91 Å². The summed E-state index contributed by atoms with van der Waals surface area (Å²) in [4.78, 5) is 31.6. The minimum Gasteiger partial charge on any atom is -0.454 e. The molecule has 3 aromatic heterocycles. The van der Waals surface area contributed by atoms with Crippen molar-refractivity contribution < 1.29 is 14.0 Å². The summed E-state index contributed by atoms with van der Waals surface area (Å²) in [6, 6.07) is 8.84. The maximum atomic E-state index is 12.7. The molecule has 0 unspecified atom stereocenters. The number of aromatic nitrogens is 3. The molecule has 3 rings (SSSR count). The summed E-state index contributed by atoms with van der Waals surface area (Å²) >= 11 is 0. The first kappa shape index (κ1) is 22.2. The van der Waals surface area contributed by atoms with Gasteiger partial charge in [-0.2, -0.15) is 5.10 Å². The molecule has 0 bridgehead atoms. The Labute approximate surface area is 181 Å². The number of carbonyl (C=O) groups excluding carboxylic acids is 2. The van der Waals surface area contributed by atoms with Crippen molar-refractivity contribution in [1.82, 2.24) is 30.5 Å². The van der Waals surface area contributed by atoms with Gasteiger partial charge < -0.3 is 4.42 Å². The molecule has 0 fully saturated rings. The van der Waals surface area contributed by atoms with Crippen LogP contribution in [0.5, 0.6) is 0 Å². The Hall–Kier alpha value is -3.46. The highest BCUT2D eigenvalue weighted by Gasteiger charge is 2.22. The molecule has 0 saturated heterocycles. The van der Waals surface area contributed by atoms with E-state index in [0.29, 0.717) is 29.4 Å². The van der Waals surface area contributed by atoms with Gasteiger partial charge in [-0.3, -0.25) is 25.3 Å². The molecule has 9 nitrogen and oxygen atoms in total. The van der Waals surface area contributed by atoms with Crippen molar-refractivity contribution in [3.05, 3.63) is 65.5 Å². The lowest BCUT2D eigenvalue weighted by atomic mass is 10.1. The van der Waals surface area contributed by atoms with Crippen LogP contribution in [0.15, 0.2) is 47.1 Å². The zero-order valence-corrected chi connectivity index (χ0v) is 18.3. The predicted molar refractivity (Wildman–Crippen MR) is 116 cm³/mol. The van der Waals surface area contributed by atoms with Crippen LogP contribution >= 0.6 is 0 Å². The van der Waals surface area contributed by atoms with Crippen molar-refractivity contribution in [2.45, 2.75) is 40.2 Å². The van der Waals surface area contributed by atoms with E-state index in [1.807, 2.05) is 32.0 Å². The SMILES string of the molecule is CCN(CC)Cc1ccc(C(=O)NNC(=O)c2cnn(-c3ccccn3)c2C(C)C)o1. The normalized spacial score (nSPS) is 11.2. The number of furan rings is 1. The molecule has 9 heteroatoms. The van der Waals surface area contributed by atoms with Crippen LogP contribution in [0.3, 0.4) is 0 Å². The van der Waals surface area contributed by atoms with Gasteiger partial charge in [0, 0.05) is 6.20 Å². The lowest BCUT2D eigenvalue weighted by molar-refractivity contribution is 0.0828. The minimum absolute atomic E-state index is 0.00802. The van der Waals surface area contributed by atoms with Gasteiger partial charge in [-0.15, -0.1) is 0 Å². The Morgan fingerprint density at radius 1 is 1.10 bits per heavy atom. The highest BCUT2D eigenvalue weighted by Crippen LogP contribution is 2.22. The first-order valence-electron chi connectivity index (χ1n) is 10.4. The van der Waals surface area contributed by atoms with Gasteiger partial charge in [0.15, 0.2) is 11.6 Å². The second-order valence-corrected chi connectivity index (χ2v) is 7.33. The largest absolute Gasteiger partial charge is 0.454 e. The standard InChI is InChI=1S/C22H28N6O3/c1-5-27(6-2)14-16-10-11-18(31-16)22(30)26-25-21(29)17-13-24-28(20(17)15(3)4)19-9-7-8-12-23-19/h7-13,15H,5-6,14H2,1-4H3,(H,25,29)(H,26,30). The lowest BCUT2D eigenvalue weighted by Crippen LogP contribution is -2.41. The van der Waals surface area contributed by atoms with Crippen molar-refractivity contribution in [3.63, 3.8) is 0 Å². The maximum Gasteiger partial charge on any atom is 0.305 e. The van der Waals surface area contributed by atoms with Crippen molar-refractivity contribution in [3.8, 4) is 5.82 Å². The van der Waals surface area contributed by atoms with Crippen LogP contribution < -0.4 is 10.9 Å². The fourth-order valence-electron chi connectivity index (χ4n) is 3.25. The third kappa shape index (κ3) is 5.18. The highest BCUT2D eigenvalue weighted by molar-refractivity contribution is 5.98. The third-order valence-electron chi connectivity index (χ3n) is 4.91. The van der Waals surface area contributed by atoms with Crippen LogP contribution in [-0.4, -0.2) is 44.6 Å². The summed E-state index contributed by atoms with van der Waals surface area (Å²) in [6.45, 7) is 10.5. The molecule has 0 aromatic carbocycles. The fraction of sp³-hybridized carbons (Fsp3) is 0.364. The molecule has 0 aliphatic rings. The molecule has 31 heavy (non-hydrogen) atoms. The average Bonchev–Trinajstić information content (AvgIpc) is 3.43. The second kappa shape index (κ2) is 10.0. The quantitative estimate of drug-likeness (QED) is 0.539. The summed E-state index contributed by atoms with van der Waals surface area (Å²) in [6.07, 6.45) is 3.14. The molecule has 3 aromatic rings. The number of rotatable bonds is 8. The molecule has 164 valence electrons. The number of hydrazine groups is 1. The Bertz CT molecular complexity index is 1020. The first-order valence-corrected chi connectivity index (χ1v) is 10.4. The molecular formula is C22H28N6O3. The van der Waals surface area contributed by atoms with Crippen LogP contribution in [-0.2, 0) is 6.54 Å². The van der Waals surface area contributed by atoms with Gasteiger partial charge in [-0.05, 0) is 43.3 Å². The monoisotopic (exact) mass is 424 g/mol. The van der Waals surface area contributed by atoms with Gasteiger partial charge in [0.25, 0.3) is 5.91 Å². The van der Waals surface area contributed by atoms with Crippen molar-refractivity contribution in [2.24, 2.45) is 0 Å². The number of carbonyl (C=O) groups is 2. The van der Waals surface area contributed by atoms with Gasteiger partial charge in [-0.1, -0.05) is 33.8 Å². The molecule has 0 atom stereocenters. The smallest absolute Gasteiger partial charge is 0.305 e. The van der Waals surface area contributed by atoms with E-state index in [4.69, 9.17) is 4.42 Å². The maximum absolute atomic E-state index is 12.7.